The van der Waals surface area contributed by atoms with Crippen LogP contribution in [0.15, 0.2) is 48.5 Å². The predicted octanol–water partition coefficient (Wildman–Crippen LogP) is 3.28. The van der Waals surface area contributed by atoms with E-state index >= 15 is 0 Å². The lowest BCUT2D eigenvalue weighted by atomic mass is 10.1. The fraction of sp³-hybridized carbons (Fsp3) is 0.235. The molecule has 0 saturated heterocycles. The van der Waals surface area contributed by atoms with Crippen LogP contribution < -0.4 is 5.32 Å². The molecule has 0 radical (unpaired) electrons. The van der Waals surface area contributed by atoms with E-state index in [2.05, 4.69) is 5.32 Å². The molecule has 1 N–H and O–H groups in total. The van der Waals surface area contributed by atoms with Crippen molar-refractivity contribution in [2.24, 2.45) is 0 Å². The van der Waals surface area contributed by atoms with Gasteiger partial charge in [-0.15, -0.1) is 0 Å². The molecule has 23 heavy (non-hydrogen) atoms. The van der Waals surface area contributed by atoms with Crippen LogP contribution in [0.3, 0.4) is 0 Å². The number of nitrogens with one attached hydrogen (secondary N) is 1. The van der Waals surface area contributed by atoms with Crippen molar-refractivity contribution in [1.29, 1.82) is 0 Å². The highest BCUT2D eigenvalue weighted by molar-refractivity contribution is 7.85. The highest BCUT2D eigenvalue weighted by atomic mass is 32.2. The Hall–Kier alpha value is -2.08. The molecule has 1 amide bonds. The van der Waals surface area contributed by atoms with Crippen molar-refractivity contribution in [3.63, 3.8) is 0 Å². The minimum Gasteiger partial charge on any atom is -0.325 e. The summed E-state index contributed by atoms with van der Waals surface area (Å²) in [5.74, 6) is -1.85. The van der Waals surface area contributed by atoms with Gasteiger partial charge in [0.05, 0.1) is 0 Å². The van der Waals surface area contributed by atoms with Crippen LogP contribution in [0.4, 0.5) is 14.5 Å². The van der Waals surface area contributed by atoms with Crippen LogP contribution in [0.5, 0.6) is 0 Å². The predicted molar refractivity (Wildman–Crippen MR) is 87.6 cm³/mol. The maximum Gasteiger partial charge on any atom is 0.236 e. The van der Waals surface area contributed by atoms with Crippen molar-refractivity contribution >= 4 is 22.4 Å². The second-order valence-corrected chi connectivity index (χ2v) is 6.66. The maximum atomic E-state index is 13.0. The molecule has 1 atom stereocenters. The van der Waals surface area contributed by atoms with Gasteiger partial charge >= 0.3 is 0 Å². The lowest BCUT2D eigenvalue weighted by molar-refractivity contribution is -0.113. The minimum atomic E-state index is -1.31. The molecule has 3 nitrogen and oxygen atoms in total. The third-order valence-corrected chi connectivity index (χ3v) is 4.45. The Kier molecular flexibility index (Phi) is 6.40. The fourth-order valence-corrected chi connectivity index (χ4v) is 3.10. The Bertz CT molecular complexity index is 672. The second kappa shape index (κ2) is 8.53. The molecule has 0 aromatic heterocycles. The normalized spacial score (nSPS) is 11.9. The van der Waals surface area contributed by atoms with Crippen LogP contribution in [0.25, 0.3) is 0 Å². The summed E-state index contributed by atoms with van der Waals surface area (Å²) >= 11 is 0. The van der Waals surface area contributed by atoms with Crippen LogP contribution in [-0.4, -0.2) is 21.6 Å². The van der Waals surface area contributed by atoms with Crippen LogP contribution in [0, 0.1) is 11.6 Å². The molecule has 122 valence electrons. The summed E-state index contributed by atoms with van der Waals surface area (Å²) in [6.45, 7) is 0. The third-order valence-electron chi connectivity index (χ3n) is 3.12. The van der Waals surface area contributed by atoms with E-state index in [0.29, 0.717) is 12.2 Å². The molecule has 2 aromatic carbocycles. The molecular formula is C17H17F2NO2S. The number of rotatable bonds is 7. The Labute approximate surface area is 136 Å². The zero-order valence-electron chi connectivity index (χ0n) is 12.4. The van der Waals surface area contributed by atoms with Gasteiger partial charge in [0.15, 0.2) is 0 Å². The molecule has 0 aliphatic heterocycles. The number of carbonyl (C=O) groups is 1. The van der Waals surface area contributed by atoms with Gasteiger partial charge in [0, 0.05) is 28.3 Å². The number of amides is 1. The first-order chi connectivity index (χ1) is 11.0. The third kappa shape index (κ3) is 6.28. The first-order valence-electron chi connectivity index (χ1n) is 7.18. The number of benzene rings is 2. The van der Waals surface area contributed by atoms with E-state index in [9.17, 15) is 17.8 Å². The highest BCUT2D eigenvalue weighted by Crippen LogP contribution is 2.12. The Morgan fingerprint density at radius 3 is 2.35 bits per heavy atom. The van der Waals surface area contributed by atoms with Crippen molar-refractivity contribution < 1.29 is 17.8 Å². The fourth-order valence-electron chi connectivity index (χ4n) is 2.12. The van der Waals surface area contributed by atoms with Gasteiger partial charge in [-0.05, 0) is 30.5 Å². The average Bonchev–Trinajstić information content (AvgIpc) is 2.47. The molecule has 0 aliphatic carbocycles. The molecule has 0 unspecified atom stereocenters. The van der Waals surface area contributed by atoms with E-state index in [-0.39, 0.29) is 11.4 Å². The van der Waals surface area contributed by atoms with Crippen LogP contribution >= 0.6 is 0 Å². The highest BCUT2D eigenvalue weighted by Gasteiger charge is 2.10. The second-order valence-electron chi connectivity index (χ2n) is 5.08. The number of hydrogen-bond acceptors (Lipinski definition) is 2. The maximum absolute atomic E-state index is 13.0. The quantitative estimate of drug-likeness (QED) is 0.843. The molecule has 0 spiro atoms. The standard InChI is InChI=1S/C17H17F2NO2S/c18-14-9-15(19)11-16(10-14)20-17(21)12-23(22)8-4-7-13-5-2-1-3-6-13/h1-3,5-6,9-11H,4,7-8,12H2,(H,20,21)/t23-/m1/s1. The number of anilines is 1. The number of aryl methyl sites for hydroxylation is 1. The number of hydrogen-bond donors (Lipinski definition) is 1. The van der Waals surface area contributed by atoms with Gasteiger partial charge in [0.25, 0.3) is 0 Å². The van der Waals surface area contributed by atoms with Crippen LogP contribution in [0.1, 0.15) is 12.0 Å². The Balaban J connectivity index is 1.75. The lowest BCUT2D eigenvalue weighted by Gasteiger charge is -2.06. The molecule has 6 heteroatoms. The molecule has 0 aliphatic rings. The van der Waals surface area contributed by atoms with Crippen molar-refractivity contribution in [3.8, 4) is 0 Å². The Morgan fingerprint density at radius 1 is 1.04 bits per heavy atom. The zero-order valence-corrected chi connectivity index (χ0v) is 13.2. The van der Waals surface area contributed by atoms with Gasteiger partial charge in [0.1, 0.15) is 17.4 Å². The zero-order chi connectivity index (χ0) is 16.7. The monoisotopic (exact) mass is 337 g/mol. The SMILES string of the molecule is O=C(C[S@](=O)CCCc1ccccc1)Nc1cc(F)cc(F)c1. The summed E-state index contributed by atoms with van der Waals surface area (Å²) in [5, 5.41) is 2.35. The van der Waals surface area contributed by atoms with Gasteiger partial charge in [-0.3, -0.25) is 9.00 Å². The summed E-state index contributed by atoms with van der Waals surface area (Å²) in [6, 6.07) is 12.6. The van der Waals surface area contributed by atoms with E-state index in [0.717, 1.165) is 30.2 Å². The number of halogens is 2. The first kappa shape index (κ1) is 17.3. The van der Waals surface area contributed by atoms with Gasteiger partial charge in [-0.25, -0.2) is 8.78 Å². The molecule has 0 bridgehead atoms. The van der Waals surface area contributed by atoms with E-state index in [1.54, 1.807) is 0 Å². The van der Waals surface area contributed by atoms with Crippen LogP contribution in [-0.2, 0) is 22.0 Å². The van der Waals surface area contributed by atoms with E-state index in [1.165, 1.54) is 0 Å². The summed E-state index contributed by atoms with van der Waals surface area (Å²) in [5.41, 5.74) is 1.18. The topological polar surface area (TPSA) is 46.2 Å². The van der Waals surface area contributed by atoms with Crippen molar-refractivity contribution in [2.75, 3.05) is 16.8 Å². The molecule has 0 saturated carbocycles. The van der Waals surface area contributed by atoms with Crippen molar-refractivity contribution in [1.82, 2.24) is 0 Å². The van der Waals surface area contributed by atoms with E-state index in [4.69, 9.17) is 0 Å². The Morgan fingerprint density at radius 2 is 1.70 bits per heavy atom. The lowest BCUT2D eigenvalue weighted by Crippen LogP contribution is -2.21. The average molecular weight is 337 g/mol. The van der Waals surface area contributed by atoms with Crippen molar-refractivity contribution in [3.05, 3.63) is 65.7 Å². The smallest absolute Gasteiger partial charge is 0.236 e. The summed E-state index contributed by atoms with van der Waals surface area (Å²) < 4.78 is 37.9. The van der Waals surface area contributed by atoms with Gasteiger partial charge < -0.3 is 5.32 Å². The molecular weight excluding hydrogens is 320 g/mol. The van der Waals surface area contributed by atoms with E-state index in [1.807, 2.05) is 30.3 Å². The molecule has 2 aromatic rings. The van der Waals surface area contributed by atoms with Gasteiger partial charge in [-0.2, -0.15) is 0 Å². The summed E-state index contributed by atoms with van der Waals surface area (Å²) in [4.78, 5) is 11.7. The minimum absolute atomic E-state index is 0.0220. The van der Waals surface area contributed by atoms with E-state index < -0.39 is 28.3 Å². The molecule has 0 heterocycles. The van der Waals surface area contributed by atoms with Crippen molar-refractivity contribution in [2.45, 2.75) is 12.8 Å². The molecule has 0 fully saturated rings. The van der Waals surface area contributed by atoms with Gasteiger partial charge in [0.2, 0.25) is 5.91 Å². The largest absolute Gasteiger partial charge is 0.325 e. The summed E-state index contributed by atoms with van der Waals surface area (Å²) in [7, 11) is -1.31. The first-order valence-corrected chi connectivity index (χ1v) is 8.66. The van der Waals surface area contributed by atoms with Crippen LogP contribution in [0.2, 0.25) is 0 Å². The summed E-state index contributed by atoms with van der Waals surface area (Å²) in [6.07, 6.45) is 1.50. The van der Waals surface area contributed by atoms with Gasteiger partial charge in [-0.1, -0.05) is 30.3 Å². The number of carbonyl (C=O) groups excluding carboxylic acids is 1. The molecule has 2 rings (SSSR count).